The van der Waals surface area contributed by atoms with Crippen molar-refractivity contribution in [1.29, 1.82) is 0 Å². The summed E-state index contributed by atoms with van der Waals surface area (Å²) in [6.45, 7) is 3.62. The monoisotopic (exact) mass is 366 g/mol. The molecule has 0 fully saturated rings. The lowest BCUT2D eigenvalue weighted by Crippen LogP contribution is -2.13. The van der Waals surface area contributed by atoms with Gasteiger partial charge in [-0.05, 0) is 43.7 Å². The first-order chi connectivity index (χ1) is 13.0. The van der Waals surface area contributed by atoms with E-state index in [0.29, 0.717) is 17.1 Å². The van der Waals surface area contributed by atoms with E-state index >= 15 is 0 Å². The molecular weight excluding hydrogens is 344 g/mol. The van der Waals surface area contributed by atoms with Crippen LogP contribution in [0, 0.1) is 0 Å². The number of ether oxygens (including phenoxy) is 3. The number of aromatic nitrogens is 2. The number of carbonyl (C=O) groups excluding carboxylic acids is 1. The third-order valence-electron chi connectivity index (χ3n) is 3.97. The molecule has 27 heavy (non-hydrogen) atoms. The SMILES string of the molecule is COc1ccc(-c2cn(-c3ccccc3)nc2C(=O)OC(C)C)cc1OC. The smallest absolute Gasteiger partial charge is 0.359 e. The molecule has 0 aliphatic heterocycles. The van der Waals surface area contributed by atoms with Crippen LogP contribution in [0.3, 0.4) is 0 Å². The van der Waals surface area contributed by atoms with E-state index in [1.165, 1.54) is 0 Å². The largest absolute Gasteiger partial charge is 0.493 e. The maximum atomic E-state index is 12.6. The van der Waals surface area contributed by atoms with Gasteiger partial charge in [0.15, 0.2) is 17.2 Å². The van der Waals surface area contributed by atoms with E-state index in [1.54, 1.807) is 25.0 Å². The average molecular weight is 366 g/mol. The zero-order valence-electron chi connectivity index (χ0n) is 15.8. The first-order valence-electron chi connectivity index (χ1n) is 8.62. The molecule has 1 aromatic heterocycles. The van der Waals surface area contributed by atoms with Crippen LogP contribution >= 0.6 is 0 Å². The summed E-state index contributed by atoms with van der Waals surface area (Å²) in [5, 5.41) is 4.48. The first kappa shape index (κ1) is 18.5. The number of hydrogen-bond donors (Lipinski definition) is 0. The molecule has 3 rings (SSSR count). The summed E-state index contributed by atoms with van der Waals surface area (Å²) in [6.07, 6.45) is 1.57. The highest BCUT2D eigenvalue weighted by Gasteiger charge is 2.22. The normalized spacial score (nSPS) is 10.7. The van der Waals surface area contributed by atoms with Crippen molar-refractivity contribution in [2.24, 2.45) is 0 Å². The van der Waals surface area contributed by atoms with Crippen LogP contribution in [0.2, 0.25) is 0 Å². The van der Waals surface area contributed by atoms with Crippen molar-refractivity contribution < 1.29 is 19.0 Å². The Morgan fingerprint density at radius 3 is 2.33 bits per heavy atom. The minimum Gasteiger partial charge on any atom is -0.493 e. The van der Waals surface area contributed by atoms with Gasteiger partial charge in [-0.25, -0.2) is 9.48 Å². The van der Waals surface area contributed by atoms with Crippen LogP contribution in [-0.4, -0.2) is 36.1 Å². The van der Waals surface area contributed by atoms with Gasteiger partial charge in [0, 0.05) is 11.8 Å². The number of esters is 1. The Labute approximate surface area is 158 Å². The molecule has 0 unspecified atom stereocenters. The maximum absolute atomic E-state index is 12.6. The average Bonchev–Trinajstić information content (AvgIpc) is 3.13. The second kappa shape index (κ2) is 7.95. The summed E-state index contributed by atoms with van der Waals surface area (Å²) in [5.74, 6) is 0.720. The quantitative estimate of drug-likeness (QED) is 0.614. The van der Waals surface area contributed by atoms with Crippen LogP contribution in [0.1, 0.15) is 24.3 Å². The molecule has 0 saturated heterocycles. The molecule has 0 N–H and O–H groups in total. The third kappa shape index (κ3) is 3.95. The molecule has 0 aliphatic carbocycles. The van der Waals surface area contributed by atoms with Crippen molar-refractivity contribution in [3.8, 4) is 28.3 Å². The predicted octanol–water partition coefficient (Wildman–Crippen LogP) is 4.12. The Bertz CT molecular complexity index is 933. The van der Waals surface area contributed by atoms with Gasteiger partial charge in [0.2, 0.25) is 0 Å². The van der Waals surface area contributed by atoms with Gasteiger partial charge in [-0.1, -0.05) is 24.3 Å². The van der Waals surface area contributed by atoms with E-state index in [0.717, 1.165) is 11.3 Å². The second-order valence-electron chi connectivity index (χ2n) is 6.20. The van der Waals surface area contributed by atoms with Crippen molar-refractivity contribution in [3.05, 3.63) is 60.4 Å². The molecular formula is C21H22N2O4. The number of para-hydroxylation sites is 1. The van der Waals surface area contributed by atoms with Crippen LogP contribution in [0.5, 0.6) is 11.5 Å². The standard InChI is InChI=1S/C21H22N2O4/c1-14(2)27-21(24)20-17(13-23(22-20)16-8-6-5-7-9-16)15-10-11-18(25-3)19(12-15)26-4/h5-14H,1-4H3. The van der Waals surface area contributed by atoms with Crippen molar-refractivity contribution in [2.75, 3.05) is 14.2 Å². The van der Waals surface area contributed by atoms with Crippen LogP contribution in [0.25, 0.3) is 16.8 Å². The highest BCUT2D eigenvalue weighted by molar-refractivity contribution is 5.95. The lowest BCUT2D eigenvalue weighted by molar-refractivity contribution is 0.0371. The molecule has 6 nitrogen and oxygen atoms in total. The van der Waals surface area contributed by atoms with Gasteiger partial charge in [0.05, 0.1) is 26.0 Å². The molecule has 0 aliphatic rings. The predicted molar refractivity (Wildman–Crippen MR) is 103 cm³/mol. The Morgan fingerprint density at radius 2 is 1.70 bits per heavy atom. The molecule has 2 aromatic carbocycles. The molecule has 0 spiro atoms. The molecule has 1 heterocycles. The van der Waals surface area contributed by atoms with Crippen LogP contribution in [0.15, 0.2) is 54.7 Å². The lowest BCUT2D eigenvalue weighted by atomic mass is 10.1. The van der Waals surface area contributed by atoms with Crippen molar-refractivity contribution >= 4 is 5.97 Å². The highest BCUT2D eigenvalue weighted by Crippen LogP contribution is 2.34. The fourth-order valence-corrected chi connectivity index (χ4v) is 2.72. The minimum absolute atomic E-state index is 0.238. The van der Waals surface area contributed by atoms with Gasteiger partial charge >= 0.3 is 5.97 Å². The number of methoxy groups -OCH3 is 2. The van der Waals surface area contributed by atoms with E-state index in [-0.39, 0.29) is 11.8 Å². The van der Waals surface area contributed by atoms with Gasteiger partial charge in [0.1, 0.15) is 0 Å². The number of benzene rings is 2. The molecule has 0 saturated carbocycles. The Kier molecular flexibility index (Phi) is 5.45. The van der Waals surface area contributed by atoms with Crippen molar-refractivity contribution in [1.82, 2.24) is 9.78 Å². The second-order valence-corrected chi connectivity index (χ2v) is 6.20. The van der Waals surface area contributed by atoms with E-state index < -0.39 is 5.97 Å². The molecule has 0 bridgehead atoms. The van der Waals surface area contributed by atoms with Gasteiger partial charge in [-0.15, -0.1) is 0 Å². The zero-order valence-corrected chi connectivity index (χ0v) is 15.8. The first-order valence-corrected chi connectivity index (χ1v) is 8.62. The topological polar surface area (TPSA) is 62.6 Å². The van der Waals surface area contributed by atoms with Gasteiger partial charge in [-0.3, -0.25) is 0 Å². The number of rotatable bonds is 6. The summed E-state index contributed by atoms with van der Waals surface area (Å²) in [4.78, 5) is 12.6. The Balaban J connectivity index is 2.12. The summed E-state index contributed by atoms with van der Waals surface area (Å²) in [6, 6.07) is 15.1. The third-order valence-corrected chi connectivity index (χ3v) is 3.97. The molecule has 3 aromatic rings. The lowest BCUT2D eigenvalue weighted by Gasteiger charge is -2.10. The number of carbonyl (C=O) groups is 1. The molecule has 6 heteroatoms. The zero-order chi connectivity index (χ0) is 19.4. The maximum Gasteiger partial charge on any atom is 0.359 e. The van der Waals surface area contributed by atoms with Gasteiger partial charge in [-0.2, -0.15) is 5.10 Å². The Hall–Kier alpha value is -3.28. The van der Waals surface area contributed by atoms with E-state index in [9.17, 15) is 4.79 Å². The molecule has 140 valence electrons. The highest BCUT2D eigenvalue weighted by atomic mass is 16.5. The van der Waals surface area contributed by atoms with Gasteiger partial charge < -0.3 is 14.2 Å². The molecule has 0 amide bonds. The van der Waals surface area contributed by atoms with E-state index in [2.05, 4.69) is 5.10 Å². The van der Waals surface area contributed by atoms with Crippen LogP contribution < -0.4 is 9.47 Å². The fourth-order valence-electron chi connectivity index (χ4n) is 2.72. The van der Waals surface area contributed by atoms with E-state index in [4.69, 9.17) is 14.2 Å². The number of hydrogen-bond acceptors (Lipinski definition) is 5. The number of nitrogens with zero attached hydrogens (tertiary/aromatic N) is 2. The molecule has 0 atom stereocenters. The summed E-state index contributed by atoms with van der Waals surface area (Å²) in [5.41, 5.74) is 2.54. The van der Waals surface area contributed by atoms with Gasteiger partial charge in [0.25, 0.3) is 0 Å². The Morgan fingerprint density at radius 1 is 1.00 bits per heavy atom. The molecule has 0 radical (unpaired) electrons. The summed E-state index contributed by atoms with van der Waals surface area (Å²) < 4.78 is 17.7. The summed E-state index contributed by atoms with van der Waals surface area (Å²) >= 11 is 0. The summed E-state index contributed by atoms with van der Waals surface area (Å²) in [7, 11) is 3.15. The van der Waals surface area contributed by atoms with Crippen LogP contribution in [-0.2, 0) is 4.74 Å². The van der Waals surface area contributed by atoms with E-state index in [1.807, 2.05) is 62.5 Å². The van der Waals surface area contributed by atoms with Crippen molar-refractivity contribution in [2.45, 2.75) is 20.0 Å². The minimum atomic E-state index is -0.468. The fraction of sp³-hybridized carbons (Fsp3) is 0.238. The van der Waals surface area contributed by atoms with Crippen molar-refractivity contribution in [3.63, 3.8) is 0 Å². The van der Waals surface area contributed by atoms with Crippen LogP contribution in [0.4, 0.5) is 0 Å².